The number of aromatic nitrogens is 1. The summed E-state index contributed by atoms with van der Waals surface area (Å²) >= 11 is 0. The standard InChI is InChI=1S/C16H17NO2/c1-2-18-9-10-19-12-7-8-14-13-5-3-4-6-15(13)17-16(14)11-12/h3-8,11,17H,2,9-10H2,1H3. The molecule has 98 valence electrons. The monoisotopic (exact) mass is 255 g/mol. The van der Waals surface area contributed by atoms with Gasteiger partial charge in [-0.3, -0.25) is 0 Å². The van der Waals surface area contributed by atoms with Gasteiger partial charge >= 0.3 is 0 Å². The van der Waals surface area contributed by atoms with Gasteiger partial charge in [-0.2, -0.15) is 0 Å². The number of fused-ring (bicyclic) bond motifs is 3. The van der Waals surface area contributed by atoms with Crippen LogP contribution in [0.25, 0.3) is 21.8 Å². The van der Waals surface area contributed by atoms with Crippen LogP contribution in [0.2, 0.25) is 0 Å². The third-order valence-corrected chi connectivity index (χ3v) is 3.18. The van der Waals surface area contributed by atoms with Crippen LogP contribution in [-0.2, 0) is 4.74 Å². The molecule has 1 N–H and O–H groups in total. The van der Waals surface area contributed by atoms with Gasteiger partial charge in [-0.05, 0) is 25.1 Å². The van der Waals surface area contributed by atoms with Gasteiger partial charge in [0.2, 0.25) is 0 Å². The van der Waals surface area contributed by atoms with Crippen LogP contribution in [0.15, 0.2) is 42.5 Å². The van der Waals surface area contributed by atoms with E-state index in [1.54, 1.807) is 0 Å². The molecule has 0 bridgehead atoms. The van der Waals surface area contributed by atoms with Crippen LogP contribution >= 0.6 is 0 Å². The number of hydrogen-bond donors (Lipinski definition) is 1. The zero-order valence-corrected chi connectivity index (χ0v) is 11.0. The van der Waals surface area contributed by atoms with Crippen molar-refractivity contribution < 1.29 is 9.47 Å². The zero-order valence-electron chi connectivity index (χ0n) is 11.0. The summed E-state index contributed by atoms with van der Waals surface area (Å²) in [5.74, 6) is 0.874. The number of aromatic amines is 1. The second-order valence-electron chi connectivity index (χ2n) is 4.42. The van der Waals surface area contributed by atoms with Gasteiger partial charge in [0, 0.05) is 29.0 Å². The van der Waals surface area contributed by atoms with Gasteiger partial charge < -0.3 is 14.5 Å². The highest BCUT2D eigenvalue weighted by Gasteiger charge is 2.04. The van der Waals surface area contributed by atoms with Gasteiger partial charge in [0.05, 0.1) is 12.1 Å². The Kier molecular flexibility index (Phi) is 3.38. The lowest BCUT2D eigenvalue weighted by Gasteiger charge is -2.06. The number of benzene rings is 2. The predicted molar refractivity (Wildman–Crippen MR) is 77.8 cm³/mol. The first-order chi connectivity index (χ1) is 9.38. The van der Waals surface area contributed by atoms with Gasteiger partial charge in [-0.15, -0.1) is 0 Å². The molecule has 2 aromatic carbocycles. The molecule has 3 rings (SSSR count). The number of H-pyrrole nitrogens is 1. The van der Waals surface area contributed by atoms with E-state index in [4.69, 9.17) is 9.47 Å². The fourth-order valence-electron chi connectivity index (χ4n) is 2.29. The average molecular weight is 255 g/mol. The summed E-state index contributed by atoms with van der Waals surface area (Å²) in [4.78, 5) is 3.41. The van der Waals surface area contributed by atoms with E-state index in [0.29, 0.717) is 13.2 Å². The summed E-state index contributed by atoms with van der Waals surface area (Å²) in [5.41, 5.74) is 2.26. The van der Waals surface area contributed by atoms with E-state index in [9.17, 15) is 0 Å². The third kappa shape index (κ3) is 2.42. The number of para-hydroxylation sites is 1. The van der Waals surface area contributed by atoms with Crippen LogP contribution in [0, 0.1) is 0 Å². The lowest BCUT2D eigenvalue weighted by atomic mass is 10.1. The number of hydrogen-bond acceptors (Lipinski definition) is 2. The van der Waals surface area contributed by atoms with Crippen molar-refractivity contribution in [3.8, 4) is 5.75 Å². The van der Waals surface area contributed by atoms with Crippen molar-refractivity contribution >= 4 is 21.8 Å². The molecule has 3 nitrogen and oxygen atoms in total. The number of ether oxygens (including phenoxy) is 2. The van der Waals surface area contributed by atoms with Gasteiger partial charge in [0.15, 0.2) is 0 Å². The molecule has 0 fully saturated rings. The van der Waals surface area contributed by atoms with Crippen molar-refractivity contribution in [2.24, 2.45) is 0 Å². The van der Waals surface area contributed by atoms with E-state index >= 15 is 0 Å². The second-order valence-corrected chi connectivity index (χ2v) is 4.42. The van der Waals surface area contributed by atoms with E-state index < -0.39 is 0 Å². The van der Waals surface area contributed by atoms with Crippen molar-refractivity contribution in [1.29, 1.82) is 0 Å². The molecule has 0 radical (unpaired) electrons. The number of rotatable bonds is 5. The molecule has 0 aliphatic carbocycles. The Bertz CT molecular complexity index is 687. The van der Waals surface area contributed by atoms with Crippen molar-refractivity contribution in [2.45, 2.75) is 6.92 Å². The summed E-state index contributed by atoms with van der Waals surface area (Å²) in [7, 11) is 0. The Labute approximate surface area is 112 Å². The van der Waals surface area contributed by atoms with Crippen LogP contribution in [-0.4, -0.2) is 24.8 Å². The van der Waals surface area contributed by atoms with E-state index in [1.807, 2.05) is 25.1 Å². The van der Waals surface area contributed by atoms with Crippen LogP contribution in [0.3, 0.4) is 0 Å². The Balaban J connectivity index is 1.86. The SMILES string of the molecule is CCOCCOc1ccc2c(c1)[nH]c1ccccc12. The Hall–Kier alpha value is -2.00. The molecule has 0 aliphatic heterocycles. The third-order valence-electron chi connectivity index (χ3n) is 3.18. The second kappa shape index (κ2) is 5.33. The molecule has 0 spiro atoms. The molecule has 1 aromatic heterocycles. The molecule has 0 saturated heterocycles. The van der Waals surface area contributed by atoms with Crippen molar-refractivity contribution in [2.75, 3.05) is 19.8 Å². The molecule has 0 amide bonds. The van der Waals surface area contributed by atoms with Crippen molar-refractivity contribution in [3.63, 3.8) is 0 Å². The van der Waals surface area contributed by atoms with E-state index in [2.05, 4.69) is 29.2 Å². The first-order valence-electron chi connectivity index (χ1n) is 6.59. The van der Waals surface area contributed by atoms with Crippen LogP contribution in [0.4, 0.5) is 0 Å². The Morgan fingerprint density at radius 1 is 0.947 bits per heavy atom. The maximum atomic E-state index is 5.67. The van der Waals surface area contributed by atoms with Crippen LogP contribution in [0.1, 0.15) is 6.92 Å². The maximum Gasteiger partial charge on any atom is 0.121 e. The topological polar surface area (TPSA) is 34.2 Å². The van der Waals surface area contributed by atoms with Gasteiger partial charge in [-0.25, -0.2) is 0 Å². The first kappa shape index (κ1) is 12.1. The summed E-state index contributed by atoms with van der Waals surface area (Å²) < 4.78 is 10.9. The molecule has 19 heavy (non-hydrogen) atoms. The largest absolute Gasteiger partial charge is 0.491 e. The molecule has 0 unspecified atom stereocenters. The fraction of sp³-hybridized carbons (Fsp3) is 0.250. The summed E-state index contributed by atoms with van der Waals surface area (Å²) in [6, 6.07) is 14.5. The molecule has 3 aromatic rings. The molecular formula is C16H17NO2. The minimum atomic E-state index is 0.583. The lowest BCUT2D eigenvalue weighted by molar-refractivity contribution is 0.110. The highest BCUT2D eigenvalue weighted by Crippen LogP contribution is 2.27. The van der Waals surface area contributed by atoms with Gasteiger partial charge in [0.25, 0.3) is 0 Å². The van der Waals surface area contributed by atoms with Crippen molar-refractivity contribution in [1.82, 2.24) is 4.98 Å². The van der Waals surface area contributed by atoms with E-state index in [-0.39, 0.29) is 0 Å². The van der Waals surface area contributed by atoms with Crippen LogP contribution in [0.5, 0.6) is 5.75 Å². The average Bonchev–Trinajstić information content (AvgIpc) is 2.81. The van der Waals surface area contributed by atoms with Crippen molar-refractivity contribution in [3.05, 3.63) is 42.5 Å². The molecule has 1 heterocycles. The van der Waals surface area contributed by atoms with Gasteiger partial charge in [-0.1, -0.05) is 18.2 Å². The molecule has 0 aliphatic rings. The minimum absolute atomic E-state index is 0.583. The van der Waals surface area contributed by atoms with E-state index in [1.165, 1.54) is 10.8 Å². The molecular weight excluding hydrogens is 238 g/mol. The summed E-state index contributed by atoms with van der Waals surface area (Å²) in [6.07, 6.45) is 0. The first-order valence-corrected chi connectivity index (χ1v) is 6.59. The smallest absolute Gasteiger partial charge is 0.121 e. The number of nitrogens with one attached hydrogen (secondary N) is 1. The predicted octanol–water partition coefficient (Wildman–Crippen LogP) is 3.74. The van der Waals surface area contributed by atoms with E-state index in [0.717, 1.165) is 23.4 Å². The zero-order chi connectivity index (χ0) is 13.1. The van der Waals surface area contributed by atoms with Crippen LogP contribution < -0.4 is 4.74 Å². The molecule has 3 heteroatoms. The fourth-order valence-corrected chi connectivity index (χ4v) is 2.29. The minimum Gasteiger partial charge on any atom is -0.491 e. The Morgan fingerprint density at radius 2 is 1.79 bits per heavy atom. The quantitative estimate of drug-likeness (QED) is 0.705. The molecule has 0 saturated carbocycles. The Morgan fingerprint density at radius 3 is 2.68 bits per heavy atom. The lowest BCUT2D eigenvalue weighted by Crippen LogP contribution is -2.06. The highest BCUT2D eigenvalue weighted by atomic mass is 16.5. The van der Waals surface area contributed by atoms with Gasteiger partial charge in [0.1, 0.15) is 12.4 Å². The summed E-state index contributed by atoms with van der Waals surface area (Å²) in [5, 5.41) is 2.48. The normalized spacial score (nSPS) is 11.2. The maximum absolute atomic E-state index is 5.67. The summed E-state index contributed by atoms with van der Waals surface area (Å²) in [6.45, 7) is 3.92. The highest BCUT2D eigenvalue weighted by molar-refractivity contribution is 6.07. The molecule has 0 atom stereocenters.